The third-order valence-corrected chi connectivity index (χ3v) is 3.94. The van der Waals surface area contributed by atoms with Crippen molar-refractivity contribution in [2.75, 3.05) is 6.61 Å². The van der Waals surface area contributed by atoms with E-state index in [2.05, 4.69) is 11.1 Å². The van der Waals surface area contributed by atoms with E-state index in [0.29, 0.717) is 6.42 Å². The molecule has 0 aromatic rings. The van der Waals surface area contributed by atoms with Crippen LogP contribution in [0.2, 0.25) is 0 Å². The van der Waals surface area contributed by atoms with Gasteiger partial charge in [-0.25, -0.2) is 4.18 Å². The molecule has 0 heterocycles. The first-order chi connectivity index (χ1) is 9.56. The molecule has 21 heavy (non-hydrogen) atoms. The Morgan fingerprint density at radius 2 is 1.05 bits per heavy atom. The Balaban J connectivity index is 0. The normalized spacial score (nSPS) is 11.3. The van der Waals surface area contributed by atoms with Crippen LogP contribution in [0, 0.1) is 0 Å². The van der Waals surface area contributed by atoms with Crippen molar-refractivity contribution in [2.24, 2.45) is 0 Å². The molecule has 0 aliphatic heterocycles. The van der Waals surface area contributed by atoms with E-state index in [9.17, 15) is 8.42 Å². The van der Waals surface area contributed by atoms with Gasteiger partial charge in [-0.15, -0.1) is 0 Å². The second kappa shape index (κ2) is 17.2. The quantitative estimate of drug-likeness (QED) is 0.277. The molecule has 0 aromatic heterocycles. The first kappa shape index (κ1) is 24.1. The second-order valence-corrected chi connectivity index (χ2v) is 6.58. The Labute approximate surface area is 153 Å². The summed E-state index contributed by atoms with van der Waals surface area (Å²) < 4.78 is 33.2. The molecular formula is C15H33NaO4S. The van der Waals surface area contributed by atoms with Crippen molar-refractivity contribution in [1.29, 1.82) is 0 Å². The molecule has 1 N–H and O–H groups in total. The van der Waals surface area contributed by atoms with E-state index < -0.39 is 10.4 Å². The van der Waals surface area contributed by atoms with Crippen LogP contribution in [-0.2, 0) is 14.6 Å². The zero-order chi connectivity index (χ0) is 15.1. The monoisotopic (exact) mass is 332 g/mol. The molecule has 0 aromatic carbocycles. The van der Waals surface area contributed by atoms with Gasteiger partial charge in [0, 0.05) is 0 Å². The van der Waals surface area contributed by atoms with Crippen LogP contribution in [0.5, 0.6) is 0 Å². The van der Waals surface area contributed by atoms with Crippen LogP contribution in [0.1, 0.15) is 90.4 Å². The third-order valence-electron chi connectivity index (χ3n) is 3.48. The van der Waals surface area contributed by atoms with Crippen molar-refractivity contribution in [1.82, 2.24) is 0 Å². The summed E-state index contributed by atoms with van der Waals surface area (Å²) in [5, 5.41) is 0. The van der Waals surface area contributed by atoms with Gasteiger partial charge in [0.1, 0.15) is 0 Å². The molecule has 0 bridgehead atoms. The Hall–Kier alpha value is 0.870. The van der Waals surface area contributed by atoms with E-state index in [0.717, 1.165) is 12.8 Å². The van der Waals surface area contributed by atoms with Crippen molar-refractivity contribution in [3.05, 3.63) is 0 Å². The molecule has 0 rings (SSSR count). The number of rotatable bonds is 15. The first-order valence-corrected chi connectivity index (χ1v) is 9.54. The van der Waals surface area contributed by atoms with Crippen molar-refractivity contribution in [3.63, 3.8) is 0 Å². The molecule has 0 aliphatic rings. The predicted octanol–water partition coefficient (Wildman–Crippen LogP) is 4.25. The molecule has 0 saturated heterocycles. The fourth-order valence-electron chi connectivity index (χ4n) is 2.28. The number of unbranched alkanes of at least 4 members (excludes halogenated alkanes) is 12. The van der Waals surface area contributed by atoms with Crippen LogP contribution in [0.15, 0.2) is 0 Å². The number of hydrogen-bond donors (Lipinski definition) is 1. The van der Waals surface area contributed by atoms with Gasteiger partial charge < -0.3 is 0 Å². The fourth-order valence-corrected chi connectivity index (χ4v) is 2.61. The minimum atomic E-state index is -4.24. The molecule has 0 atom stereocenters. The average Bonchev–Trinajstić information content (AvgIpc) is 2.38. The van der Waals surface area contributed by atoms with E-state index in [4.69, 9.17) is 4.55 Å². The summed E-state index contributed by atoms with van der Waals surface area (Å²) in [6.45, 7) is 2.34. The second-order valence-electron chi connectivity index (χ2n) is 5.49. The zero-order valence-corrected chi connectivity index (χ0v) is 13.8. The van der Waals surface area contributed by atoms with Crippen LogP contribution in [0.3, 0.4) is 0 Å². The maximum absolute atomic E-state index is 10.3. The van der Waals surface area contributed by atoms with Crippen molar-refractivity contribution in [3.8, 4) is 0 Å². The third kappa shape index (κ3) is 23.3. The van der Waals surface area contributed by atoms with E-state index in [1.165, 1.54) is 64.2 Å². The van der Waals surface area contributed by atoms with E-state index in [1.54, 1.807) is 0 Å². The molecule has 0 fully saturated rings. The van der Waals surface area contributed by atoms with Gasteiger partial charge in [-0.3, -0.25) is 4.55 Å². The first-order valence-electron chi connectivity index (χ1n) is 8.18. The molecular weight excluding hydrogens is 299 g/mol. The van der Waals surface area contributed by atoms with E-state index in [-0.39, 0.29) is 36.2 Å². The SMILES string of the molecule is CCCCCCCCCCCCCCCOS(=O)(=O)O.[NaH]. The number of hydrogen-bond acceptors (Lipinski definition) is 3. The Morgan fingerprint density at radius 3 is 1.38 bits per heavy atom. The zero-order valence-electron chi connectivity index (χ0n) is 13.0. The van der Waals surface area contributed by atoms with Gasteiger partial charge in [-0.1, -0.05) is 84.0 Å². The van der Waals surface area contributed by atoms with Gasteiger partial charge in [0.2, 0.25) is 0 Å². The van der Waals surface area contributed by atoms with Gasteiger partial charge >= 0.3 is 40.0 Å². The molecule has 0 aliphatic carbocycles. The van der Waals surface area contributed by atoms with E-state index >= 15 is 0 Å². The molecule has 6 heteroatoms. The minimum absolute atomic E-state index is 0. The van der Waals surface area contributed by atoms with Crippen LogP contribution in [-0.4, -0.2) is 49.1 Å². The van der Waals surface area contributed by atoms with E-state index in [1.807, 2.05) is 0 Å². The Kier molecular flexibility index (Phi) is 19.8. The summed E-state index contributed by atoms with van der Waals surface area (Å²) in [5.74, 6) is 0. The maximum atomic E-state index is 10.3. The topological polar surface area (TPSA) is 63.6 Å². The van der Waals surface area contributed by atoms with Crippen molar-refractivity contribution >= 4 is 40.0 Å². The molecule has 0 spiro atoms. The summed E-state index contributed by atoms with van der Waals surface area (Å²) in [4.78, 5) is 0. The van der Waals surface area contributed by atoms with Crippen LogP contribution in [0.25, 0.3) is 0 Å². The summed E-state index contributed by atoms with van der Waals surface area (Å²) in [5.41, 5.74) is 0. The van der Waals surface area contributed by atoms with Gasteiger partial charge in [0.15, 0.2) is 0 Å². The molecule has 0 saturated carbocycles. The summed E-state index contributed by atoms with van der Waals surface area (Å²) in [6, 6.07) is 0. The molecule has 124 valence electrons. The average molecular weight is 332 g/mol. The van der Waals surface area contributed by atoms with Gasteiger partial charge in [-0.2, -0.15) is 8.42 Å². The summed E-state index contributed by atoms with van der Waals surface area (Å²) >= 11 is 0. The molecule has 4 nitrogen and oxygen atoms in total. The van der Waals surface area contributed by atoms with Crippen LogP contribution >= 0.6 is 0 Å². The fraction of sp³-hybridized carbons (Fsp3) is 1.00. The van der Waals surface area contributed by atoms with Gasteiger partial charge in [0.25, 0.3) is 0 Å². The molecule has 0 radical (unpaired) electrons. The molecule has 0 unspecified atom stereocenters. The van der Waals surface area contributed by atoms with Crippen molar-refractivity contribution < 1.29 is 17.2 Å². The van der Waals surface area contributed by atoms with Crippen molar-refractivity contribution in [2.45, 2.75) is 90.4 Å². The van der Waals surface area contributed by atoms with Gasteiger partial charge in [-0.05, 0) is 6.42 Å². The Bertz CT molecular complexity index is 294. The Morgan fingerprint density at radius 1 is 0.714 bits per heavy atom. The van der Waals surface area contributed by atoms with Crippen LogP contribution in [0.4, 0.5) is 0 Å². The molecule has 0 amide bonds. The summed E-state index contributed by atoms with van der Waals surface area (Å²) in [7, 11) is -4.24. The summed E-state index contributed by atoms with van der Waals surface area (Å²) in [6.07, 6.45) is 16.1. The predicted molar refractivity (Wildman–Crippen MR) is 90.3 cm³/mol. The standard InChI is InChI=1S/C15H32O4S.Na.H/c1-2-3-4-5-6-7-8-9-10-11-12-13-14-15-19-20(16,17)18;;/h2-15H2,1H3,(H,16,17,18);;. The van der Waals surface area contributed by atoms with Crippen LogP contribution < -0.4 is 0 Å². The van der Waals surface area contributed by atoms with Gasteiger partial charge in [0.05, 0.1) is 6.61 Å².